The van der Waals surface area contributed by atoms with E-state index in [0.717, 1.165) is 11.1 Å². The lowest BCUT2D eigenvalue weighted by Crippen LogP contribution is -2.64. The SMILES string of the molecule is COc1cc2cc(c1Cl)N(C)CC(=O)CC[C@]1(C)O[C@@]1(C[C@@H](C(=O)[O-])N(C)C)[C@H](C)[C@@H]1C[C@@](O)(NC(=O)O1)[C@H](OC)/C=C/C=C(\C)C2. The van der Waals surface area contributed by atoms with Crippen LogP contribution in [-0.2, 0) is 30.2 Å². The minimum absolute atomic E-state index is 0.00781. The number of amides is 1. The highest BCUT2D eigenvalue weighted by Gasteiger charge is 2.71. The van der Waals surface area contributed by atoms with Gasteiger partial charge in [-0.2, -0.15) is 0 Å². The third-order valence-electron chi connectivity index (χ3n) is 9.92. The summed E-state index contributed by atoms with van der Waals surface area (Å²) >= 11 is 6.69. The van der Waals surface area contributed by atoms with Crippen LogP contribution in [0.3, 0.4) is 0 Å². The van der Waals surface area contributed by atoms with E-state index in [2.05, 4.69) is 5.32 Å². The lowest BCUT2D eigenvalue weighted by Gasteiger charge is -2.44. The Labute approximate surface area is 281 Å². The first kappa shape index (κ1) is 36.7. The zero-order chi connectivity index (χ0) is 34.9. The first-order valence-electron chi connectivity index (χ1n) is 15.7. The van der Waals surface area contributed by atoms with Gasteiger partial charge in [-0.1, -0.05) is 42.3 Å². The summed E-state index contributed by atoms with van der Waals surface area (Å²) in [6, 6.07) is 2.75. The second-order valence-electron chi connectivity index (χ2n) is 13.5. The molecule has 1 aromatic rings. The van der Waals surface area contributed by atoms with Gasteiger partial charge in [-0.05, 0) is 58.5 Å². The molecule has 260 valence electrons. The predicted octanol–water partition coefficient (Wildman–Crippen LogP) is 2.63. The van der Waals surface area contributed by atoms with Gasteiger partial charge >= 0.3 is 6.09 Å². The average Bonchev–Trinajstić information content (AvgIpc) is 3.60. The number of nitrogens with zero attached hydrogens (tertiary/aromatic N) is 2. The summed E-state index contributed by atoms with van der Waals surface area (Å²) in [5.74, 6) is -1.46. The molecule has 1 amide bonds. The third kappa shape index (κ3) is 7.62. The Balaban J connectivity index is 1.78. The van der Waals surface area contributed by atoms with Crippen LogP contribution in [0.5, 0.6) is 5.75 Å². The van der Waals surface area contributed by atoms with E-state index >= 15 is 0 Å². The summed E-state index contributed by atoms with van der Waals surface area (Å²) in [5.41, 5.74) is -1.37. The maximum absolute atomic E-state index is 13.4. The number of rotatable bonds is 6. The second-order valence-corrected chi connectivity index (χ2v) is 13.8. The molecular formula is C34H47ClN3O9-. The highest BCUT2D eigenvalue weighted by molar-refractivity contribution is 6.34. The van der Waals surface area contributed by atoms with Gasteiger partial charge in [0.25, 0.3) is 0 Å². The van der Waals surface area contributed by atoms with Crippen molar-refractivity contribution in [3.05, 3.63) is 46.5 Å². The molecule has 12 nitrogen and oxygen atoms in total. The van der Waals surface area contributed by atoms with E-state index in [9.17, 15) is 24.6 Å². The Morgan fingerprint density at radius 1 is 1.30 bits per heavy atom. The van der Waals surface area contributed by atoms with Crippen LogP contribution in [0.2, 0.25) is 5.02 Å². The first-order chi connectivity index (χ1) is 22.0. The maximum atomic E-state index is 13.4. The van der Waals surface area contributed by atoms with Crippen LogP contribution in [-0.4, -0.2) is 105 Å². The molecule has 0 aromatic heterocycles. The molecule has 4 rings (SSSR count). The molecule has 3 aliphatic heterocycles. The van der Waals surface area contributed by atoms with Crippen molar-refractivity contribution in [1.82, 2.24) is 10.2 Å². The molecule has 2 N–H and O–H groups in total. The Morgan fingerprint density at radius 3 is 2.62 bits per heavy atom. The standard InChI is InChI=1S/C34H48ClN3O9/c1-20-10-9-11-28(45-8)34(43)18-27(46-31(42)36-34)21(2)33(17-25(30(40)41)37(4)5)32(3,47-33)13-12-23(39)19-38(6)24-15-22(14-20)16-26(44-7)29(24)35/h9-11,15-16,21,25,27-28,43H,12-14,17-19H2,1-8H3,(H,36,42)(H,40,41)/p-1/b11-9+,20-10+/t21-,25+,27+,28-,32+,33+,34+/m1/s1. The number of nitrogens with one attached hydrogen (secondary N) is 1. The van der Waals surface area contributed by atoms with Gasteiger partial charge in [-0.15, -0.1) is 0 Å². The fraction of sp³-hybridized carbons (Fsp3) is 0.618. The topological polar surface area (TPSA) is 153 Å². The maximum Gasteiger partial charge on any atom is 0.409 e. The van der Waals surface area contributed by atoms with E-state index < -0.39 is 53.2 Å². The quantitative estimate of drug-likeness (QED) is 0.428. The van der Waals surface area contributed by atoms with Crippen molar-refractivity contribution >= 4 is 35.1 Å². The number of ether oxygens (including phenoxy) is 4. The number of aliphatic hydroxyl groups is 1. The summed E-state index contributed by atoms with van der Waals surface area (Å²) in [7, 11) is 8.03. The number of methoxy groups -OCH3 is 2. The average molecular weight is 677 g/mol. The number of allylic oxidation sites excluding steroid dienone is 3. The lowest BCUT2D eigenvalue weighted by atomic mass is 9.72. The van der Waals surface area contributed by atoms with Gasteiger partial charge in [-0.25, -0.2) is 4.79 Å². The highest BCUT2D eigenvalue weighted by Crippen LogP contribution is 2.60. The van der Waals surface area contributed by atoms with Gasteiger partial charge in [-0.3, -0.25) is 10.1 Å². The van der Waals surface area contributed by atoms with Crippen molar-refractivity contribution in [1.29, 1.82) is 0 Å². The number of carboxylic acid groups (broad SMARTS) is 1. The number of carbonyl (C=O) groups excluding carboxylic acids is 3. The van der Waals surface area contributed by atoms with Crippen LogP contribution in [0.4, 0.5) is 10.5 Å². The zero-order valence-electron chi connectivity index (χ0n) is 28.4. The van der Waals surface area contributed by atoms with E-state index in [-0.39, 0.29) is 38.0 Å². The van der Waals surface area contributed by atoms with E-state index in [1.54, 1.807) is 38.2 Å². The zero-order valence-corrected chi connectivity index (χ0v) is 29.2. The molecular weight excluding hydrogens is 630 g/mol. The molecule has 3 heterocycles. The molecule has 2 fully saturated rings. The number of ketones is 1. The summed E-state index contributed by atoms with van der Waals surface area (Å²) in [6.45, 7) is 5.67. The molecule has 0 radical (unpaired) electrons. The molecule has 4 bridgehead atoms. The van der Waals surface area contributed by atoms with E-state index in [0.29, 0.717) is 22.9 Å². The number of halogens is 1. The Morgan fingerprint density at radius 2 is 2.00 bits per heavy atom. The van der Waals surface area contributed by atoms with Crippen molar-refractivity contribution in [2.75, 3.05) is 46.8 Å². The molecule has 7 atom stereocenters. The fourth-order valence-electron chi connectivity index (χ4n) is 7.04. The lowest BCUT2D eigenvalue weighted by molar-refractivity contribution is -0.311. The van der Waals surface area contributed by atoms with Crippen molar-refractivity contribution in [3.63, 3.8) is 0 Å². The molecule has 0 aliphatic carbocycles. The second kappa shape index (κ2) is 14.1. The number of benzene rings is 1. The smallest absolute Gasteiger partial charge is 0.409 e. The number of fused-ring (bicyclic) bond motifs is 5. The minimum atomic E-state index is -1.84. The minimum Gasteiger partial charge on any atom is -0.548 e. The summed E-state index contributed by atoms with van der Waals surface area (Å²) in [4.78, 5) is 41.9. The number of alkyl carbamates (subject to hydrolysis) is 1. The first-order valence-corrected chi connectivity index (χ1v) is 16.1. The van der Waals surface area contributed by atoms with Gasteiger partial charge in [0.15, 0.2) is 11.5 Å². The van der Waals surface area contributed by atoms with E-state index in [4.69, 9.17) is 30.5 Å². The third-order valence-corrected chi connectivity index (χ3v) is 10.3. The molecule has 2 saturated heterocycles. The highest BCUT2D eigenvalue weighted by atomic mass is 35.5. The van der Waals surface area contributed by atoms with Gasteiger partial charge in [0, 0.05) is 39.3 Å². The number of hydrogen-bond acceptors (Lipinski definition) is 11. The largest absolute Gasteiger partial charge is 0.548 e. The van der Waals surface area contributed by atoms with E-state index in [1.165, 1.54) is 19.1 Å². The monoisotopic (exact) mass is 676 g/mol. The number of aliphatic carboxylic acids is 1. The van der Waals surface area contributed by atoms with Crippen LogP contribution < -0.4 is 20.1 Å². The number of anilines is 1. The summed E-state index contributed by atoms with van der Waals surface area (Å²) in [5, 5.41) is 26.9. The van der Waals surface area contributed by atoms with Gasteiger partial charge in [0.05, 0.1) is 37.0 Å². The molecule has 1 aromatic carbocycles. The van der Waals surface area contributed by atoms with Gasteiger partial charge in [0.1, 0.15) is 28.6 Å². The van der Waals surface area contributed by atoms with Crippen LogP contribution >= 0.6 is 11.6 Å². The molecule has 0 saturated carbocycles. The molecule has 13 heteroatoms. The van der Waals surface area contributed by atoms with Gasteiger partial charge in [0.2, 0.25) is 0 Å². The molecule has 47 heavy (non-hydrogen) atoms. The number of hydrogen-bond donors (Lipinski definition) is 2. The number of likely N-dealkylation sites (N-methyl/N-ethyl adjacent to an activating group) is 2. The Hall–Kier alpha value is -3.16. The van der Waals surface area contributed by atoms with Crippen LogP contribution in [0.15, 0.2) is 35.9 Å². The van der Waals surface area contributed by atoms with Crippen molar-refractivity contribution in [3.8, 4) is 5.75 Å². The van der Waals surface area contributed by atoms with Crippen LogP contribution in [0, 0.1) is 5.92 Å². The fourth-order valence-corrected chi connectivity index (χ4v) is 7.37. The van der Waals surface area contributed by atoms with Gasteiger partial charge < -0.3 is 43.8 Å². The number of Topliss-reactive ketones (excluding diaryl/α,β-unsaturated/α-hetero) is 1. The number of carboxylic acids is 1. The Bertz CT molecular complexity index is 1430. The summed E-state index contributed by atoms with van der Waals surface area (Å²) < 4.78 is 23.4. The van der Waals surface area contributed by atoms with Crippen LogP contribution in [0.25, 0.3) is 0 Å². The number of carbonyl (C=O) groups is 3. The van der Waals surface area contributed by atoms with E-state index in [1.807, 2.05) is 39.0 Å². The van der Waals surface area contributed by atoms with Crippen molar-refractivity contribution in [2.45, 2.75) is 88.1 Å². The molecule has 0 spiro atoms. The Kier molecular flexibility index (Phi) is 11.0. The number of epoxide rings is 1. The molecule has 3 aliphatic rings. The van der Waals surface area contributed by atoms with Crippen molar-refractivity contribution in [2.24, 2.45) is 5.92 Å². The summed E-state index contributed by atoms with van der Waals surface area (Å²) in [6.07, 6.45) is 3.53. The predicted molar refractivity (Wildman–Crippen MR) is 174 cm³/mol. The normalized spacial score (nSPS) is 34.2. The van der Waals surface area contributed by atoms with Crippen LogP contribution in [0.1, 0.15) is 52.0 Å². The molecule has 0 unspecified atom stereocenters. The van der Waals surface area contributed by atoms with Crippen molar-refractivity contribution < 1.29 is 43.5 Å².